The fourth-order valence-electron chi connectivity index (χ4n) is 2.01. The van der Waals surface area contributed by atoms with Crippen LogP contribution in [0.3, 0.4) is 0 Å². The minimum absolute atomic E-state index is 0.0502. The Hall–Kier alpha value is -2.41. The fourth-order valence-corrected chi connectivity index (χ4v) is 2.24. The van der Waals surface area contributed by atoms with Crippen molar-refractivity contribution >= 4 is 23.2 Å². The van der Waals surface area contributed by atoms with E-state index in [4.69, 9.17) is 16.3 Å². The molecule has 0 bridgehead atoms. The molecule has 0 unspecified atom stereocenters. The van der Waals surface area contributed by atoms with E-state index < -0.39 is 18.3 Å². The number of carbonyl (C=O) groups excluding carboxylic acids is 1. The summed E-state index contributed by atoms with van der Waals surface area (Å²) < 4.78 is 47.7. The second-order valence-electron chi connectivity index (χ2n) is 4.67. The van der Waals surface area contributed by atoms with Crippen molar-refractivity contribution in [3.63, 3.8) is 0 Å². The van der Waals surface area contributed by atoms with E-state index in [0.717, 1.165) is 0 Å². The van der Waals surface area contributed by atoms with Crippen molar-refractivity contribution in [3.8, 4) is 11.5 Å². The van der Waals surface area contributed by atoms with E-state index in [1.165, 1.54) is 43.5 Å². The number of anilines is 1. The lowest BCUT2D eigenvalue weighted by Gasteiger charge is -2.12. The third kappa shape index (κ3) is 4.55. The number of ether oxygens (including phenoxy) is 2. The molecule has 0 heterocycles. The second kappa shape index (κ2) is 7.92. The number of hydrogen-bond acceptors (Lipinski definition) is 3. The van der Waals surface area contributed by atoms with Gasteiger partial charge in [-0.3, -0.25) is 4.79 Å². The van der Waals surface area contributed by atoms with Gasteiger partial charge in [0.25, 0.3) is 0 Å². The van der Waals surface area contributed by atoms with Crippen molar-refractivity contribution in [3.05, 3.63) is 52.8 Å². The van der Waals surface area contributed by atoms with E-state index in [0.29, 0.717) is 0 Å². The summed E-state index contributed by atoms with van der Waals surface area (Å²) in [4.78, 5) is 12.0. The van der Waals surface area contributed by atoms with Gasteiger partial charge in [-0.25, -0.2) is 4.39 Å². The van der Waals surface area contributed by atoms with E-state index in [1.807, 2.05) is 0 Å². The predicted molar refractivity (Wildman–Crippen MR) is 83.4 cm³/mol. The van der Waals surface area contributed by atoms with E-state index in [9.17, 15) is 18.0 Å². The molecule has 0 radical (unpaired) electrons. The zero-order valence-electron chi connectivity index (χ0n) is 12.5. The highest BCUT2D eigenvalue weighted by Crippen LogP contribution is 2.31. The summed E-state index contributed by atoms with van der Waals surface area (Å²) in [7, 11) is 1.30. The van der Waals surface area contributed by atoms with E-state index in [-0.39, 0.29) is 34.2 Å². The highest BCUT2D eigenvalue weighted by Gasteiger charge is 2.15. The third-order valence-electron chi connectivity index (χ3n) is 3.06. The van der Waals surface area contributed by atoms with Crippen molar-refractivity contribution < 1.29 is 27.4 Å². The number of hydrogen-bond donors (Lipinski definition) is 1. The lowest BCUT2D eigenvalue weighted by molar-refractivity contribution is -0.115. The Bertz CT molecular complexity index is 720. The van der Waals surface area contributed by atoms with Gasteiger partial charge in [0.15, 0.2) is 11.5 Å². The van der Waals surface area contributed by atoms with E-state index in [1.54, 1.807) is 0 Å². The van der Waals surface area contributed by atoms with Gasteiger partial charge in [0.05, 0.1) is 13.5 Å². The second-order valence-corrected chi connectivity index (χ2v) is 5.08. The number of nitrogens with one attached hydrogen (secondary N) is 1. The molecule has 0 aliphatic rings. The molecule has 2 aromatic rings. The Morgan fingerprint density at radius 3 is 2.62 bits per heavy atom. The standard InChI is InChI=1S/C16H13ClF3NO3/c1-23-13-6-5-9(7-14(13)24-16(19)20)21-15(22)8-10-11(17)3-2-4-12(10)18/h2-7,16H,8H2,1H3,(H,21,22). The van der Waals surface area contributed by atoms with Crippen LogP contribution in [0.2, 0.25) is 5.02 Å². The van der Waals surface area contributed by atoms with Crippen LogP contribution in [0, 0.1) is 5.82 Å². The zero-order valence-corrected chi connectivity index (χ0v) is 13.2. The monoisotopic (exact) mass is 359 g/mol. The number of amides is 1. The molecule has 0 fully saturated rings. The van der Waals surface area contributed by atoms with Crippen LogP contribution in [-0.4, -0.2) is 19.6 Å². The molecule has 0 saturated heterocycles. The molecule has 128 valence electrons. The molecule has 2 aromatic carbocycles. The Kier molecular flexibility index (Phi) is 5.92. The first-order chi connectivity index (χ1) is 11.4. The number of rotatable bonds is 6. The molecule has 0 aliphatic heterocycles. The molecule has 0 spiro atoms. The van der Waals surface area contributed by atoms with Crippen LogP contribution in [0.4, 0.5) is 18.9 Å². The normalized spacial score (nSPS) is 10.6. The van der Waals surface area contributed by atoms with Gasteiger partial charge < -0.3 is 14.8 Å². The van der Waals surface area contributed by atoms with Crippen LogP contribution in [0.25, 0.3) is 0 Å². The summed E-state index contributed by atoms with van der Waals surface area (Å²) in [6.45, 7) is -3.04. The topological polar surface area (TPSA) is 47.6 Å². The quantitative estimate of drug-likeness (QED) is 0.838. The van der Waals surface area contributed by atoms with E-state index >= 15 is 0 Å². The molecule has 2 rings (SSSR count). The number of methoxy groups -OCH3 is 1. The maximum atomic E-state index is 13.7. The van der Waals surface area contributed by atoms with Crippen molar-refractivity contribution in [2.75, 3.05) is 12.4 Å². The Morgan fingerprint density at radius 1 is 1.25 bits per heavy atom. The summed E-state index contributed by atoms with van der Waals surface area (Å²) >= 11 is 5.86. The SMILES string of the molecule is COc1ccc(NC(=O)Cc2c(F)cccc2Cl)cc1OC(F)F. The molecular weight excluding hydrogens is 347 g/mol. The smallest absolute Gasteiger partial charge is 0.387 e. The third-order valence-corrected chi connectivity index (χ3v) is 3.42. The summed E-state index contributed by atoms with van der Waals surface area (Å²) in [5.74, 6) is -1.30. The number of halogens is 4. The van der Waals surface area contributed by atoms with Gasteiger partial charge in [0.1, 0.15) is 5.82 Å². The first-order valence-corrected chi connectivity index (χ1v) is 7.14. The van der Waals surface area contributed by atoms with Crippen LogP contribution in [0.5, 0.6) is 11.5 Å². The van der Waals surface area contributed by atoms with Gasteiger partial charge in [-0.15, -0.1) is 0 Å². The molecule has 0 atom stereocenters. The Labute approximate surface area is 141 Å². The maximum absolute atomic E-state index is 13.7. The summed E-state index contributed by atoms with van der Waals surface area (Å²) in [5.41, 5.74) is 0.248. The maximum Gasteiger partial charge on any atom is 0.387 e. The minimum atomic E-state index is -3.04. The van der Waals surface area contributed by atoms with Crippen LogP contribution in [-0.2, 0) is 11.2 Å². The van der Waals surface area contributed by atoms with Gasteiger partial charge in [-0.05, 0) is 24.3 Å². The first kappa shape index (κ1) is 17.9. The highest BCUT2D eigenvalue weighted by atomic mass is 35.5. The largest absolute Gasteiger partial charge is 0.493 e. The van der Waals surface area contributed by atoms with Crippen LogP contribution < -0.4 is 14.8 Å². The molecule has 0 aliphatic carbocycles. The molecule has 1 N–H and O–H groups in total. The van der Waals surface area contributed by atoms with Crippen LogP contribution >= 0.6 is 11.6 Å². The summed E-state index contributed by atoms with van der Waals surface area (Å²) in [6.07, 6.45) is -0.303. The van der Waals surface area contributed by atoms with Crippen LogP contribution in [0.1, 0.15) is 5.56 Å². The summed E-state index contributed by atoms with van der Waals surface area (Å²) in [5, 5.41) is 2.59. The number of benzene rings is 2. The fraction of sp³-hybridized carbons (Fsp3) is 0.188. The Morgan fingerprint density at radius 2 is 2.00 bits per heavy atom. The summed E-state index contributed by atoms with van der Waals surface area (Å²) in [6, 6.07) is 8.08. The van der Waals surface area contributed by atoms with Gasteiger partial charge in [0.2, 0.25) is 5.91 Å². The lowest BCUT2D eigenvalue weighted by atomic mass is 10.1. The molecule has 1 amide bonds. The minimum Gasteiger partial charge on any atom is -0.493 e. The van der Waals surface area contributed by atoms with Crippen molar-refractivity contribution in [2.24, 2.45) is 0 Å². The first-order valence-electron chi connectivity index (χ1n) is 6.76. The van der Waals surface area contributed by atoms with Crippen molar-refractivity contribution in [2.45, 2.75) is 13.0 Å². The lowest BCUT2D eigenvalue weighted by Crippen LogP contribution is -2.15. The molecule has 0 aromatic heterocycles. The zero-order chi connectivity index (χ0) is 17.7. The van der Waals surface area contributed by atoms with Crippen molar-refractivity contribution in [1.29, 1.82) is 0 Å². The van der Waals surface area contributed by atoms with Crippen LogP contribution in [0.15, 0.2) is 36.4 Å². The molecule has 0 saturated carbocycles. The van der Waals surface area contributed by atoms with Crippen molar-refractivity contribution in [1.82, 2.24) is 0 Å². The highest BCUT2D eigenvalue weighted by molar-refractivity contribution is 6.31. The average Bonchev–Trinajstić information content (AvgIpc) is 2.51. The molecule has 24 heavy (non-hydrogen) atoms. The molecule has 4 nitrogen and oxygen atoms in total. The van der Waals surface area contributed by atoms with Gasteiger partial charge in [-0.2, -0.15) is 8.78 Å². The number of carbonyl (C=O) groups is 1. The van der Waals surface area contributed by atoms with Gasteiger partial charge in [0, 0.05) is 22.3 Å². The number of alkyl halides is 2. The van der Waals surface area contributed by atoms with Gasteiger partial charge >= 0.3 is 6.61 Å². The molecule has 8 heteroatoms. The van der Waals surface area contributed by atoms with E-state index in [2.05, 4.69) is 10.1 Å². The average molecular weight is 360 g/mol. The molecular formula is C16H13ClF3NO3. The predicted octanol–water partition coefficient (Wildman–Crippen LogP) is 4.27. The Balaban J connectivity index is 2.14. The van der Waals surface area contributed by atoms with Gasteiger partial charge in [-0.1, -0.05) is 17.7 Å².